The molecule has 0 aromatic heterocycles. The van der Waals surface area contributed by atoms with Crippen LogP contribution in [0.2, 0.25) is 0 Å². The highest BCUT2D eigenvalue weighted by molar-refractivity contribution is 5.95. The highest BCUT2D eigenvalue weighted by Crippen LogP contribution is 2.41. The van der Waals surface area contributed by atoms with Crippen LogP contribution in [0.1, 0.15) is 64.5 Å². The maximum atomic E-state index is 6.71. The molecule has 0 saturated carbocycles. The summed E-state index contributed by atoms with van der Waals surface area (Å²) >= 11 is 0. The van der Waals surface area contributed by atoms with Crippen LogP contribution in [0, 0.1) is 17.8 Å². The molecule has 3 atom stereocenters. The summed E-state index contributed by atoms with van der Waals surface area (Å²) < 4.78 is 6.71. The van der Waals surface area contributed by atoms with E-state index in [4.69, 9.17) is 4.74 Å². The normalized spacial score (nSPS) is 22.5. The van der Waals surface area contributed by atoms with Crippen molar-refractivity contribution in [2.75, 3.05) is 0 Å². The maximum absolute atomic E-state index is 6.71. The van der Waals surface area contributed by atoms with Gasteiger partial charge in [0.2, 0.25) is 0 Å². The molecule has 0 spiro atoms. The summed E-state index contributed by atoms with van der Waals surface area (Å²) in [6.07, 6.45) is 10.0. The van der Waals surface area contributed by atoms with Gasteiger partial charge in [0.1, 0.15) is 11.9 Å². The van der Waals surface area contributed by atoms with Gasteiger partial charge in [-0.1, -0.05) is 70.0 Å². The molecule has 2 aromatic rings. The highest BCUT2D eigenvalue weighted by Gasteiger charge is 2.30. The minimum atomic E-state index is 0.249. The van der Waals surface area contributed by atoms with Gasteiger partial charge in [-0.3, -0.25) is 0 Å². The predicted molar refractivity (Wildman–Crippen MR) is 115 cm³/mol. The summed E-state index contributed by atoms with van der Waals surface area (Å²) in [5.41, 5.74) is 4.63. The molecule has 27 heavy (non-hydrogen) atoms. The first kappa shape index (κ1) is 18.6. The summed E-state index contributed by atoms with van der Waals surface area (Å²) in [6.45, 7) is 9.30. The van der Waals surface area contributed by atoms with E-state index in [2.05, 4.69) is 64.1 Å². The molecule has 0 N–H and O–H groups in total. The van der Waals surface area contributed by atoms with E-state index >= 15 is 0 Å². The van der Waals surface area contributed by atoms with E-state index in [1.807, 2.05) is 0 Å². The molecule has 2 aliphatic carbocycles. The van der Waals surface area contributed by atoms with Crippen LogP contribution < -0.4 is 4.74 Å². The number of hydrogen-bond donors (Lipinski definition) is 0. The Morgan fingerprint density at radius 3 is 2.48 bits per heavy atom. The van der Waals surface area contributed by atoms with Crippen molar-refractivity contribution in [1.82, 2.24) is 0 Å². The van der Waals surface area contributed by atoms with Gasteiger partial charge in [-0.15, -0.1) is 0 Å². The standard InChI is InChI=1S/C26H34O/c1-5-18-10-13-21(22(18)6-2)16-25(17(3)4)27-24-15-14-20-12-11-19-8-7-9-23(24)26(19)20/h7-9,13-15,17-18,22,25H,5-6,10-12,16H2,1-4H3. The molecule has 0 aliphatic heterocycles. The zero-order valence-corrected chi connectivity index (χ0v) is 17.4. The van der Waals surface area contributed by atoms with E-state index in [9.17, 15) is 0 Å². The third-order valence-electron chi connectivity index (χ3n) is 6.99. The molecule has 3 unspecified atom stereocenters. The summed E-state index contributed by atoms with van der Waals surface area (Å²) in [7, 11) is 0. The molecule has 4 rings (SSSR count). The highest BCUT2D eigenvalue weighted by atomic mass is 16.5. The molecule has 0 bridgehead atoms. The second kappa shape index (κ2) is 7.70. The van der Waals surface area contributed by atoms with Crippen LogP contribution in [0.4, 0.5) is 0 Å². The van der Waals surface area contributed by atoms with Gasteiger partial charge in [0.25, 0.3) is 0 Å². The molecule has 1 heteroatoms. The molecule has 0 heterocycles. The van der Waals surface area contributed by atoms with Gasteiger partial charge in [-0.2, -0.15) is 0 Å². The Kier molecular flexibility index (Phi) is 5.30. The van der Waals surface area contributed by atoms with Crippen LogP contribution >= 0.6 is 0 Å². The molecule has 2 aliphatic rings. The average molecular weight is 363 g/mol. The van der Waals surface area contributed by atoms with Crippen molar-refractivity contribution in [3.05, 3.63) is 53.1 Å². The summed E-state index contributed by atoms with van der Waals surface area (Å²) in [4.78, 5) is 0. The number of benzene rings is 2. The first-order valence-electron chi connectivity index (χ1n) is 11.0. The average Bonchev–Trinajstić information content (AvgIpc) is 3.27. The van der Waals surface area contributed by atoms with Crippen molar-refractivity contribution in [2.24, 2.45) is 17.8 Å². The van der Waals surface area contributed by atoms with E-state index in [0.717, 1.165) is 24.0 Å². The van der Waals surface area contributed by atoms with Crippen molar-refractivity contribution >= 4 is 10.8 Å². The lowest BCUT2D eigenvalue weighted by molar-refractivity contribution is 0.149. The summed E-state index contributed by atoms with van der Waals surface area (Å²) in [6, 6.07) is 11.2. The van der Waals surface area contributed by atoms with Crippen LogP contribution in [-0.4, -0.2) is 6.10 Å². The maximum Gasteiger partial charge on any atom is 0.127 e. The lowest BCUT2D eigenvalue weighted by Crippen LogP contribution is -2.25. The number of allylic oxidation sites excluding steroid dienone is 1. The SMILES string of the molecule is CCC1CC=C(CC(Oc2ccc3c4c(cccc24)CC3)C(C)C)C1CC. The fourth-order valence-corrected chi connectivity index (χ4v) is 5.33. The van der Waals surface area contributed by atoms with Crippen LogP contribution in [0.25, 0.3) is 10.8 Å². The monoisotopic (exact) mass is 362 g/mol. The lowest BCUT2D eigenvalue weighted by atomic mass is 9.84. The van der Waals surface area contributed by atoms with Crippen LogP contribution in [0.15, 0.2) is 42.0 Å². The van der Waals surface area contributed by atoms with Gasteiger partial charge in [0, 0.05) is 11.8 Å². The van der Waals surface area contributed by atoms with Crippen molar-refractivity contribution < 1.29 is 4.74 Å². The quantitative estimate of drug-likeness (QED) is 0.477. The lowest BCUT2D eigenvalue weighted by Gasteiger charge is -2.27. The fourth-order valence-electron chi connectivity index (χ4n) is 5.33. The van der Waals surface area contributed by atoms with Crippen molar-refractivity contribution in [3.63, 3.8) is 0 Å². The molecule has 0 fully saturated rings. The smallest absolute Gasteiger partial charge is 0.127 e. The first-order valence-corrected chi connectivity index (χ1v) is 11.0. The molecule has 144 valence electrons. The summed E-state index contributed by atoms with van der Waals surface area (Å²) in [5, 5.41) is 2.77. The van der Waals surface area contributed by atoms with E-state index < -0.39 is 0 Å². The third kappa shape index (κ3) is 3.42. The molecule has 2 aromatic carbocycles. The Morgan fingerprint density at radius 2 is 1.78 bits per heavy atom. The van der Waals surface area contributed by atoms with E-state index in [1.165, 1.54) is 54.0 Å². The second-order valence-corrected chi connectivity index (χ2v) is 8.86. The molecule has 0 radical (unpaired) electrons. The Labute approximate surface area is 164 Å². The van der Waals surface area contributed by atoms with Crippen LogP contribution in [0.3, 0.4) is 0 Å². The van der Waals surface area contributed by atoms with Gasteiger partial charge < -0.3 is 4.74 Å². The molecular weight excluding hydrogens is 328 g/mol. The number of ether oxygens (including phenoxy) is 1. The Balaban J connectivity index is 1.59. The first-order chi connectivity index (χ1) is 13.1. The summed E-state index contributed by atoms with van der Waals surface area (Å²) in [5.74, 6) is 3.18. The topological polar surface area (TPSA) is 9.23 Å². The van der Waals surface area contributed by atoms with Crippen LogP contribution in [-0.2, 0) is 12.8 Å². The molecule has 1 nitrogen and oxygen atoms in total. The number of rotatable bonds is 7. The van der Waals surface area contributed by atoms with Gasteiger partial charge in [-0.25, -0.2) is 0 Å². The van der Waals surface area contributed by atoms with Gasteiger partial charge >= 0.3 is 0 Å². The van der Waals surface area contributed by atoms with Gasteiger partial charge in [0.15, 0.2) is 0 Å². The molecule has 0 saturated heterocycles. The minimum absolute atomic E-state index is 0.249. The molecule has 0 amide bonds. The van der Waals surface area contributed by atoms with Gasteiger partial charge in [-0.05, 0) is 66.0 Å². The Hall–Kier alpha value is -1.76. The zero-order valence-electron chi connectivity index (χ0n) is 17.4. The van der Waals surface area contributed by atoms with Gasteiger partial charge in [0.05, 0.1) is 0 Å². The van der Waals surface area contributed by atoms with E-state index in [0.29, 0.717) is 5.92 Å². The fraction of sp³-hybridized carbons (Fsp3) is 0.538. The number of hydrogen-bond acceptors (Lipinski definition) is 1. The number of aryl methyl sites for hydroxylation is 2. The van der Waals surface area contributed by atoms with E-state index in [1.54, 1.807) is 5.57 Å². The second-order valence-electron chi connectivity index (χ2n) is 8.86. The van der Waals surface area contributed by atoms with Crippen LogP contribution in [0.5, 0.6) is 5.75 Å². The zero-order chi connectivity index (χ0) is 19.0. The Bertz CT molecular complexity index is 834. The minimum Gasteiger partial charge on any atom is -0.489 e. The third-order valence-corrected chi connectivity index (χ3v) is 6.99. The van der Waals surface area contributed by atoms with Crippen molar-refractivity contribution in [3.8, 4) is 5.75 Å². The van der Waals surface area contributed by atoms with E-state index in [-0.39, 0.29) is 6.10 Å². The molecular formula is C26H34O. The Morgan fingerprint density at radius 1 is 1.00 bits per heavy atom. The largest absolute Gasteiger partial charge is 0.489 e. The predicted octanol–water partition coefficient (Wildman–Crippen LogP) is 7.11. The van der Waals surface area contributed by atoms with Crippen molar-refractivity contribution in [1.29, 1.82) is 0 Å². The van der Waals surface area contributed by atoms with Crippen molar-refractivity contribution in [2.45, 2.75) is 72.3 Å².